The molecule has 0 spiro atoms. The zero-order valence-electron chi connectivity index (χ0n) is 21.3. The molecule has 11 nitrogen and oxygen atoms in total. The summed E-state index contributed by atoms with van der Waals surface area (Å²) in [7, 11) is 2.67. The lowest BCUT2D eigenvalue weighted by Gasteiger charge is -2.40. The number of alkyl halides is 3. The zero-order chi connectivity index (χ0) is 30.0. The van der Waals surface area contributed by atoms with Crippen molar-refractivity contribution in [1.29, 1.82) is 0 Å². The Kier molecular flexibility index (Phi) is 12.6. The fourth-order valence-electron chi connectivity index (χ4n) is 3.54. The first-order valence-corrected chi connectivity index (χ1v) is 11.9. The third kappa shape index (κ3) is 9.02. The van der Waals surface area contributed by atoms with Crippen LogP contribution in [0.1, 0.15) is 21.5 Å². The second-order valence-corrected chi connectivity index (χ2v) is 8.68. The minimum Gasteiger partial charge on any atom is -0.493 e. The molecular weight excluding hydrogens is 567 g/mol. The van der Waals surface area contributed by atoms with Gasteiger partial charge in [0, 0.05) is 13.7 Å². The Morgan fingerprint density at radius 2 is 1.80 bits per heavy atom. The molecule has 222 valence electrons. The first-order valence-electron chi connectivity index (χ1n) is 11.6. The molecule has 1 heterocycles. The molecule has 1 aliphatic rings. The Labute approximate surface area is 232 Å². The summed E-state index contributed by atoms with van der Waals surface area (Å²) < 4.78 is 58.3. The van der Waals surface area contributed by atoms with Crippen LogP contribution in [0.2, 0.25) is 5.02 Å². The number of aliphatic hydroxyl groups excluding tert-OH is 3. The summed E-state index contributed by atoms with van der Waals surface area (Å²) in [5, 5.41) is 29.9. The lowest BCUT2D eigenvalue weighted by molar-refractivity contribution is -0.293. The first kappa shape index (κ1) is 33.2. The van der Waals surface area contributed by atoms with E-state index < -0.39 is 55.7 Å². The second kappa shape index (κ2) is 15.1. The van der Waals surface area contributed by atoms with Crippen molar-refractivity contribution in [3.8, 4) is 11.5 Å². The van der Waals surface area contributed by atoms with E-state index in [0.29, 0.717) is 6.54 Å². The molecule has 0 aromatic heterocycles. The smallest absolute Gasteiger partial charge is 0.446 e. The van der Waals surface area contributed by atoms with Crippen LogP contribution in [0.4, 0.5) is 13.2 Å². The normalized spacial score (nSPS) is 22.5. The summed E-state index contributed by atoms with van der Waals surface area (Å²) >= 11 is 6.37. The Balaban J connectivity index is 0.000000840. The number of ether oxygens (including phenoxy) is 5. The summed E-state index contributed by atoms with van der Waals surface area (Å²) in [6.07, 6.45) is -12.4. The third-order valence-electron chi connectivity index (χ3n) is 5.51. The molecule has 1 aliphatic heterocycles. The van der Waals surface area contributed by atoms with Gasteiger partial charge in [0.25, 0.3) is 0 Å². The molecule has 0 radical (unpaired) electrons. The van der Waals surface area contributed by atoms with Crippen molar-refractivity contribution in [2.24, 2.45) is 5.73 Å². The summed E-state index contributed by atoms with van der Waals surface area (Å²) in [6.45, 7) is 0.0410. The lowest BCUT2D eigenvalue weighted by atomic mass is 9.99. The second-order valence-electron chi connectivity index (χ2n) is 8.27. The largest absolute Gasteiger partial charge is 0.493 e. The van der Waals surface area contributed by atoms with E-state index in [9.17, 15) is 33.3 Å². The molecular formula is C25H29ClF3NO10. The Bertz CT molecular complexity index is 1130. The fourth-order valence-corrected chi connectivity index (χ4v) is 3.81. The van der Waals surface area contributed by atoms with Gasteiger partial charge >= 0.3 is 12.1 Å². The van der Waals surface area contributed by atoms with E-state index in [2.05, 4.69) is 0 Å². The highest BCUT2D eigenvalue weighted by molar-refractivity contribution is 6.32. The number of methoxy groups -OCH3 is 2. The SMILES string of the molecule is COc1cc(C(=O)O[C@H]2[C@@H](OC)O[C@H](CO)[C@@H](O)[C@@H]2O)cc(Cl)c1OCc1cccc(CN)c1.O=CC(F)(F)F. The quantitative estimate of drug-likeness (QED) is 0.246. The zero-order valence-corrected chi connectivity index (χ0v) is 22.1. The predicted octanol–water partition coefficient (Wildman–Crippen LogP) is 1.74. The van der Waals surface area contributed by atoms with Crippen molar-refractivity contribution in [3.63, 3.8) is 0 Å². The molecule has 0 amide bonds. The van der Waals surface area contributed by atoms with Gasteiger partial charge < -0.3 is 44.7 Å². The van der Waals surface area contributed by atoms with E-state index in [1.807, 2.05) is 24.3 Å². The van der Waals surface area contributed by atoms with Crippen LogP contribution in [0.3, 0.4) is 0 Å². The molecule has 2 aromatic rings. The number of benzene rings is 2. The highest BCUT2D eigenvalue weighted by Crippen LogP contribution is 2.37. The van der Waals surface area contributed by atoms with Gasteiger partial charge in [-0.25, -0.2) is 4.79 Å². The van der Waals surface area contributed by atoms with Crippen molar-refractivity contribution < 1.29 is 61.8 Å². The number of aliphatic hydroxyl groups is 3. The van der Waals surface area contributed by atoms with Crippen LogP contribution in [0.15, 0.2) is 36.4 Å². The van der Waals surface area contributed by atoms with E-state index in [1.165, 1.54) is 26.4 Å². The van der Waals surface area contributed by atoms with Gasteiger partial charge in [-0.15, -0.1) is 0 Å². The maximum atomic E-state index is 12.8. The molecule has 0 saturated carbocycles. The number of nitrogens with two attached hydrogens (primary N) is 1. The number of rotatable bonds is 9. The molecule has 0 unspecified atom stereocenters. The molecule has 5 N–H and O–H groups in total. The van der Waals surface area contributed by atoms with Crippen molar-refractivity contribution in [2.75, 3.05) is 20.8 Å². The summed E-state index contributed by atoms with van der Waals surface area (Å²) in [6, 6.07) is 10.3. The summed E-state index contributed by atoms with van der Waals surface area (Å²) in [4.78, 5) is 21.5. The van der Waals surface area contributed by atoms with Gasteiger partial charge in [0.05, 0.1) is 24.3 Å². The monoisotopic (exact) mass is 595 g/mol. The van der Waals surface area contributed by atoms with Crippen LogP contribution >= 0.6 is 11.6 Å². The van der Waals surface area contributed by atoms with E-state index in [4.69, 9.17) is 45.8 Å². The van der Waals surface area contributed by atoms with Crippen LogP contribution in [0.5, 0.6) is 11.5 Å². The van der Waals surface area contributed by atoms with Gasteiger partial charge in [-0.2, -0.15) is 13.2 Å². The van der Waals surface area contributed by atoms with Crippen LogP contribution in [0, 0.1) is 0 Å². The highest BCUT2D eigenvalue weighted by atomic mass is 35.5. The van der Waals surface area contributed by atoms with Crippen molar-refractivity contribution >= 4 is 23.9 Å². The number of carbonyl (C=O) groups is 2. The van der Waals surface area contributed by atoms with Crippen LogP contribution in [-0.4, -0.2) is 85.3 Å². The van der Waals surface area contributed by atoms with Gasteiger partial charge in [0.2, 0.25) is 6.29 Å². The van der Waals surface area contributed by atoms with Crippen molar-refractivity contribution in [3.05, 3.63) is 58.1 Å². The Morgan fingerprint density at radius 3 is 2.35 bits per heavy atom. The summed E-state index contributed by atoms with van der Waals surface area (Å²) in [5.41, 5.74) is 7.52. The minimum atomic E-state index is -4.64. The van der Waals surface area contributed by atoms with E-state index in [-0.39, 0.29) is 28.7 Å². The Morgan fingerprint density at radius 1 is 1.15 bits per heavy atom. The number of aldehydes is 1. The molecule has 3 rings (SSSR count). The predicted molar refractivity (Wildman–Crippen MR) is 133 cm³/mol. The van der Waals surface area contributed by atoms with Crippen molar-refractivity contribution in [2.45, 2.75) is 50.0 Å². The van der Waals surface area contributed by atoms with Crippen LogP contribution < -0.4 is 15.2 Å². The minimum absolute atomic E-state index is 0.0140. The number of hydrogen-bond acceptors (Lipinski definition) is 11. The van der Waals surface area contributed by atoms with Gasteiger partial charge in [-0.3, -0.25) is 4.79 Å². The van der Waals surface area contributed by atoms with Crippen LogP contribution in [-0.2, 0) is 32.2 Å². The van der Waals surface area contributed by atoms with Gasteiger partial charge in [0.15, 0.2) is 23.9 Å². The first-order chi connectivity index (χ1) is 18.9. The van der Waals surface area contributed by atoms with Crippen LogP contribution in [0.25, 0.3) is 0 Å². The number of carbonyl (C=O) groups excluding carboxylic acids is 2. The van der Waals surface area contributed by atoms with Gasteiger partial charge in [-0.1, -0.05) is 35.9 Å². The topological polar surface area (TPSA) is 167 Å². The highest BCUT2D eigenvalue weighted by Gasteiger charge is 2.47. The maximum Gasteiger partial charge on any atom is 0.446 e. The van der Waals surface area contributed by atoms with E-state index in [1.54, 1.807) is 0 Å². The average molecular weight is 596 g/mol. The maximum absolute atomic E-state index is 12.8. The van der Waals surface area contributed by atoms with Crippen molar-refractivity contribution in [1.82, 2.24) is 0 Å². The van der Waals surface area contributed by atoms with Gasteiger partial charge in [0.1, 0.15) is 24.9 Å². The van der Waals surface area contributed by atoms with E-state index >= 15 is 0 Å². The standard InChI is InChI=1S/C23H28ClNO9.C2HF3O/c1-30-16-8-14(7-15(24)20(16)32-11-13-5-3-4-12(6-13)9-25)22(29)34-21-19(28)18(27)17(10-26)33-23(21)31-2;3-2(4,5)1-6/h3-8,17-19,21,23,26-28H,9-11,25H2,1-2H3;1H/t17-,18-,19+,21-,23+;/m1./s1. The number of halogens is 4. The third-order valence-corrected chi connectivity index (χ3v) is 5.79. The molecule has 1 saturated heterocycles. The molecule has 1 fully saturated rings. The lowest BCUT2D eigenvalue weighted by Crippen LogP contribution is -2.60. The molecule has 2 aromatic carbocycles. The fraction of sp³-hybridized carbons (Fsp3) is 0.440. The molecule has 15 heteroatoms. The van der Waals surface area contributed by atoms with Gasteiger partial charge in [-0.05, 0) is 23.3 Å². The average Bonchev–Trinajstić information content (AvgIpc) is 2.94. The summed E-state index contributed by atoms with van der Waals surface area (Å²) in [5.74, 6) is -0.443. The van der Waals surface area contributed by atoms with E-state index in [0.717, 1.165) is 11.1 Å². The Hall–Kier alpha value is -2.98. The molecule has 0 aliphatic carbocycles. The number of hydrogen-bond donors (Lipinski definition) is 4. The molecule has 0 bridgehead atoms. The number of esters is 1. The molecule has 40 heavy (non-hydrogen) atoms. The molecule has 5 atom stereocenters.